The maximum Gasteiger partial charge on any atom is 0.258 e. The van der Waals surface area contributed by atoms with Crippen molar-refractivity contribution >= 4 is 31.7 Å². The number of ether oxygens (including phenoxy) is 2. The highest BCUT2D eigenvalue weighted by Gasteiger charge is 2.47. The molecule has 1 heterocycles. The van der Waals surface area contributed by atoms with Crippen molar-refractivity contribution in [3.8, 4) is 23.0 Å². The summed E-state index contributed by atoms with van der Waals surface area (Å²) in [5.74, 6) is 2.49. The number of phenols is 1. The summed E-state index contributed by atoms with van der Waals surface area (Å²) in [4.78, 5) is 0.932. The Morgan fingerprint density at radius 3 is 2.00 bits per heavy atom. The molecule has 0 radical (unpaired) electrons. The molecule has 1 aliphatic rings. The highest BCUT2D eigenvalue weighted by atomic mass is 35.5. The molecule has 0 saturated carbocycles. The van der Waals surface area contributed by atoms with Crippen molar-refractivity contribution in [3.63, 3.8) is 0 Å². The number of hydrogen-bond acceptors (Lipinski definition) is 5. The lowest BCUT2D eigenvalue weighted by molar-refractivity contribution is 0.190. The molecule has 43 heavy (non-hydrogen) atoms. The average Bonchev–Trinajstić information content (AvgIpc) is 2.99. The van der Waals surface area contributed by atoms with Gasteiger partial charge >= 0.3 is 0 Å². The van der Waals surface area contributed by atoms with Gasteiger partial charge in [-0.05, 0) is 63.6 Å². The summed E-state index contributed by atoms with van der Waals surface area (Å²) < 4.78 is 19.7. The number of benzene rings is 4. The third-order valence-corrected chi connectivity index (χ3v) is 16.1. The van der Waals surface area contributed by atoms with E-state index in [-0.39, 0.29) is 17.1 Å². The van der Waals surface area contributed by atoms with E-state index >= 15 is 0 Å². The summed E-state index contributed by atoms with van der Waals surface area (Å²) in [5, 5.41) is 10.4. The summed E-state index contributed by atoms with van der Waals surface area (Å²) in [6.45, 7) is 14.3. The Labute approximate surface area is 266 Å². The van der Waals surface area contributed by atoms with Crippen molar-refractivity contribution in [2.24, 2.45) is 0 Å². The number of halogens is 1. The maximum absolute atomic E-state index is 9.95. The molecule has 0 bridgehead atoms. The first kappa shape index (κ1) is 31.4. The van der Waals surface area contributed by atoms with Crippen LogP contribution in [0.3, 0.4) is 0 Å². The second-order valence-electron chi connectivity index (χ2n) is 12.2. The van der Waals surface area contributed by atoms with Crippen LogP contribution < -0.4 is 13.9 Å². The number of thioether (sulfide) groups is 1. The standard InChI is InChI=1S/C36H41ClO4SSi/c1-23(2)43(24(3)4,25(5)6)41-30-18-14-28(15-19-30)36-34(27-12-16-29(38)17-13-27)40-35-32(37)20-31(21-33(35)42-36)39-22-26-10-8-7-9-11-26/h7-21,23-25,34,36,38H,22H2,1-6H3/t34-,36+/m1/s1. The van der Waals surface area contributed by atoms with Gasteiger partial charge in [-0.1, -0.05) is 108 Å². The van der Waals surface area contributed by atoms with Gasteiger partial charge in [-0.25, -0.2) is 0 Å². The van der Waals surface area contributed by atoms with Gasteiger partial charge in [0.1, 0.15) is 30.0 Å². The Morgan fingerprint density at radius 1 is 0.791 bits per heavy atom. The molecule has 226 valence electrons. The molecule has 0 spiro atoms. The van der Waals surface area contributed by atoms with E-state index in [0.717, 1.165) is 27.3 Å². The van der Waals surface area contributed by atoms with Crippen LogP contribution in [0.4, 0.5) is 0 Å². The second-order valence-corrected chi connectivity index (χ2v) is 19.1. The van der Waals surface area contributed by atoms with Gasteiger partial charge in [0.2, 0.25) is 0 Å². The molecule has 7 heteroatoms. The highest BCUT2D eigenvalue weighted by molar-refractivity contribution is 7.99. The molecule has 5 rings (SSSR count). The van der Waals surface area contributed by atoms with Gasteiger partial charge in [-0.2, -0.15) is 0 Å². The van der Waals surface area contributed by atoms with Crippen LogP contribution in [0.1, 0.15) is 69.6 Å². The SMILES string of the molecule is CC(C)[Si](Oc1ccc([C@@H]2Sc3cc(OCc4ccccc4)cc(Cl)c3O[C@@H]2c2ccc(O)cc2)cc1)(C(C)C)C(C)C. The minimum Gasteiger partial charge on any atom is -0.543 e. The molecule has 1 aliphatic heterocycles. The van der Waals surface area contributed by atoms with Gasteiger partial charge in [-0.3, -0.25) is 0 Å². The zero-order chi connectivity index (χ0) is 30.7. The smallest absolute Gasteiger partial charge is 0.258 e. The van der Waals surface area contributed by atoms with E-state index in [4.69, 9.17) is 25.5 Å². The molecular formula is C36H41ClO4SSi. The van der Waals surface area contributed by atoms with Crippen LogP contribution >= 0.6 is 23.4 Å². The Kier molecular flexibility index (Phi) is 9.69. The molecule has 0 amide bonds. The lowest BCUT2D eigenvalue weighted by atomic mass is 10.00. The van der Waals surface area contributed by atoms with E-state index in [1.165, 1.54) is 0 Å². The Bertz CT molecular complexity index is 1490. The molecule has 4 nitrogen and oxygen atoms in total. The van der Waals surface area contributed by atoms with Gasteiger partial charge < -0.3 is 19.0 Å². The summed E-state index contributed by atoms with van der Waals surface area (Å²) >= 11 is 8.51. The van der Waals surface area contributed by atoms with E-state index in [1.807, 2.05) is 54.6 Å². The van der Waals surface area contributed by atoms with E-state index in [2.05, 4.69) is 65.8 Å². The average molecular weight is 633 g/mol. The van der Waals surface area contributed by atoms with Gasteiger partial charge in [0.05, 0.1) is 15.2 Å². The summed E-state index contributed by atoms with van der Waals surface area (Å²) in [6.07, 6.45) is -0.311. The van der Waals surface area contributed by atoms with Crippen LogP contribution in [0.5, 0.6) is 23.0 Å². The lowest BCUT2D eigenvalue weighted by Crippen LogP contribution is -2.50. The Balaban J connectivity index is 1.46. The van der Waals surface area contributed by atoms with Gasteiger partial charge in [-0.15, -0.1) is 11.8 Å². The fraction of sp³-hybridized carbons (Fsp3) is 0.333. The zero-order valence-electron chi connectivity index (χ0n) is 25.7. The van der Waals surface area contributed by atoms with Crippen molar-refractivity contribution < 1.29 is 19.0 Å². The molecular weight excluding hydrogens is 592 g/mol. The van der Waals surface area contributed by atoms with Crippen LogP contribution in [0.2, 0.25) is 21.6 Å². The van der Waals surface area contributed by atoms with E-state index in [0.29, 0.717) is 39.8 Å². The monoisotopic (exact) mass is 632 g/mol. The van der Waals surface area contributed by atoms with E-state index in [1.54, 1.807) is 23.9 Å². The predicted molar refractivity (Wildman–Crippen MR) is 180 cm³/mol. The first-order valence-electron chi connectivity index (χ1n) is 15.0. The van der Waals surface area contributed by atoms with E-state index in [9.17, 15) is 5.11 Å². The number of phenolic OH excluding ortho intramolecular Hbond substituents is 1. The van der Waals surface area contributed by atoms with Crippen LogP contribution in [0.25, 0.3) is 0 Å². The minimum atomic E-state index is -2.07. The molecule has 0 unspecified atom stereocenters. The number of hydrogen-bond donors (Lipinski definition) is 1. The summed E-state index contributed by atoms with van der Waals surface area (Å²) in [7, 11) is -2.07. The quantitative estimate of drug-likeness (QED) is 0.176. The van der Waals surface area contributed by atoms with Crippen molar-refractivity contribution in [2.75, 3.05) is 0 Å². The largest absolute Gasteiger partial charge is 0.543 e. The Hall–Kier alpha value is -3.06. The van der Waals surface area contributed by atoms with Crippen molar-refractivity contribution in [3.05, 3.63) is 113 Å². The molecule has 1 N–H and O–H groups in total. The van der Waals surface area contributed by atoms with Crippen LogP contribution in [0.15, 0.2) is 95.9 Å². The summed E-state index contributed by atoms with van der Waals surface area (Å²) in [5.41, 5.74) is 4.66. The molecule has 0 fully saturated rings. The van der Waals surface area contributed by atoms with Crippen LogP contribution in [0, 0.1) is 0 Å². The fourth-order valence-corrected chi connectivity index (χ4v) is 13.3. The zero-order valence-corrected chi connectivity index (χ0v) is 28.3. The first-order chi connectivity index (χ1) is 20.6. The van der Waals surface area contributed by atoms with E-state index < -0.39 is 8.32 Å². The third kappa shape index (κ3) is 6.72. The molecule has 2 atom stereocenters. The van der Waals surface area contributed by atoms with Crippen LogP contribution in [-0.2, 0) is 6.61 Å². The van der Waals surface area contributed by atoms with Gasteiger partial charge in [0, 0.05) is 6.07 Å². The lowest BCUT2D eigenvalue weighted by Gasteiger charge is -2.42. The molecule has 4 aromatic carbocycles. The van der Waals surface area contributed by atoms with Crippen LogP contribution in [-0.4, -0.2) is 13.4 Å². The normalized spacial score (nSPS) is 16.7. The second kappa shape index (κ2) is 13.3. The Morgan fingerprint density at radius 2 is 1.40 bits per heavy atom. The van der Waals surface area contributed by atoms with Crippen molar-refractivity contribution in [2.45, 2.75) is 81.0 Å². The topological polar surface area (TPSA) is 47.9 Å². The number of rotatable bonds is 10. The predicted octanol–water partition coefficient (Wildman–Crippen LogP) is 11.1. The molecule has 0 saturated heterocycles. The highest BCUT2D eigenvalue weighted by Crippen LogP contribution is 2.56. The number of aromatic hydroxyl groups is 1. The number of fused-ring (bicyclic) bond motifs is 1. The van der Waals surface area contributed by atoms with Crippen molar-refractivity contribution in [1.82, 2.24) is 0 Å². The maximum atomic E-state index is 9.95. The molecule has 0 aliphatic carbocycles. The van der Waals surface area contributed by atoms with Gasteiger partial charge in [0.25, 0.3) is 8.32 Å². The van der Waals surface area contributed by atoms with Gasteiger partial charge in [0.15, 0.2) is 5.75 Å². The first-order valence-corrected chi connectivity index (χ1v) is 18.4. The molecule has 4 aromatic rings. The minimum absolute atomic E-state index is 0.0613. The fourth-order valence-electron chi connectivity index (χ4n) is 6.39. The molecule has 0 aromatic heterocycles. The third-order valence-electron chi connectivity index (χ3n) is 8.44. The summed E-state index contributed by atoms with van der Waals surface area (Å²) in [6, 6.07) is 29.7. The van der Waals surface area contributed by atoms with Crippen molar-refractivity contribution in [1.29, 1.82) is 0 Å².